The topological polar surface area (TPSA) is 93.8 Å². The van der Waals surface area contributed by atoms with Crippen LogP contribution in [0.15, 0.2) is 0 Å². The Balaban J connectivity index is 0. The average Bonchev–Trinajstić information content (AvgIpc) is 1.97. The summed E-state index contributed by atoms with van der Waals surface area (Å²) in [5.74, 6) is 0. The third kappa shape index (κ3) is 33.8. The highest BCUT2D eigenvalue weighted by Crippen LogP contribution is 2.11. The van der Waals surface area contributed by atoms with Crippen LogP contribution in [0.1, 0.15) is 25.7 Å². The fourth-order valence-corrected chi connectivity index (χ4v) is 0.961. The van der Waals surface area contributed by atoms with Crippen molar-refractivity contribution in [3.8, 4) is 0 Å². The second kappa shape index (κ2) is 11.7. The van der Waals surface area contributed by atoms with E-state index in [2.05, 4.69) is 5.73 Å². The number of rotatable bonds is 5. The lowest BCUT2D eigenvalue weighted by Gasteiger charge is -1.97. The summed E-state index contributed by atoms with van der Waals surface area (Å²) >= 11 is 11.0. The Morgan fingerprint density at radius 1 is 1.23 bits per heavy atom. The van der Waals surface area contributed by atoms with Crippen molar-refractivity contribution in [1.82, 2.24) is 0 Å². The molecule has 0 fully saturated rings. The molecule has 5 nitrogen and oxygen atoms in total. The highest BCUT2D eigenvalue weighted by Gasteiger charge is 1.96. The van der Waals surface area contributed by atoms with Crippen LogP contribution >= 0.6 is 23.2 Å². The molecule has 0 saturated carbocycles. The van der Waals surface area contributed by atoms with E-state index in [1.165, 1.54) is 12.8 Å². The van der Waals surface area contributed by atoms with Gasteiger partial charge < -0.3 is 21.1 Å². The van der Waals surface area contributed by atoms with Crippen LogP contribution < -0.4 is 5.73 Å². The zero-order valence-electron chi connectivity index (χ0n) is 7.25. The SMILES string of the molecule is O=[N+]([O-])[O-].[NH3+]CCCCCC(Cl)Cl. The largest absolute Gasteiger partial charge is 0.358 e. The molecule has 0 spiro atoms. The van der Waals surface area contributed by atoms with Crippen LogP contribution in [0.25, 0.3) is 0 Å². The smallest absolute Gasteiger partial charge is 0.107 e. The second-order valence-corrected chi connectivity index (χ2v) is 3.59. The van der Waals surface area contributed by atoms with E-state index in [0.717, 1.165) is 19.4 Å². The van der Waals surface area contributed by atoms with Crippen LogP contribution in [-0.4, -0.2) is 16.5 Å². The molecule has 0 saturated heterocycles. The molecule has 0 aliphatic rings. The molecule has 0 unspecified atom stereocenters. The predicted molar refractivity (Wildman–Crippen MR) is 52.1 cm³/mol. The zero-order valence-corrected chi connectivity index (χ0v) is 8.76. The fourth-order valence-electron chi connectivity index (χ4n) is 0.652. The Labute approximate surface area is 86.9 Å². The Morgan fingerprint density at radius 2 is 1.69 bits per heavy atom. The molecule has 80 valence electrons. The van der Waals surface area contributed by atoms with Gasteiger partial charge in [-0.3, -0.25) is 0 Å². The number of nitrogens with zero attached hydrogens (tertiary/aromatic N) is 1. The molecule has 7 heteroatoms. The van der Waals surface area contributed by atoms with Gasteiger partial charge in [-0.05, 0) is 19.3 Å². The molecule has 0 bridgehead atoms. The Hall–Kier alpha value is -0.260. The van der Waals surface area contributed by atoms with Crippen molar-refractivity contribution in [2.75, 3.05) is 6.54 Å². The van der Waals surface area contributed by atoms with E-state index < -0.39 is 5.09 Å². The van der Waals surface area contributed by atoms with Crippen LogP contribution in [0.4, 0.5) is 0 Å². The highest BCUT2D eigenvalue weighted by molar-refractivity contribution is 6.44. The van der Waals surface area contributed by atoms with Crippen LogP contribution in [0.2, 0.25) is 0 Å². The number of halogens is 2. The van der Waals surface area contributed by atoms with Gasteiger partial charge in [0.2, 0.25) is 0 Å². The fraction of sp³-hybridized carbons (Fsp3) is 1.00. The van der Waals surface area contributed by atoms with Gasteiger partial charge in [0.15, 0.2) is 0 Å². The second-order valence-electron chi connectivity index (χ2n) is 2.32. The Morgan fingerprint density at radius 3 is 2.00 bits per heavy atom. The molecule has 13 heavy (non-hydrogen) atoms. The van der Waals surface area contributed by atoms with E-state index in [1.54, 1.807) is 0 Å². The van der Waals surface area contributed by atoms with E-state index in [-0.39, 0.29) is 4.84 Å². The number of unbranched alkanes of at least 4 members (excludes halogenated alkanes) is 2. The molecule has 0 heterocycles. The lowest BCUT2D eigenvalue weighted by Crippen LogP contribution is -2.50. The first-order chi connectivity index (χ1) is 6.00. The monoisotopic (exact) mass is 232 g/mol. The van der Waals surface area contributed by atoms with Crippen molar-refractivity contribution >= 4 is 23.2 Å². The van der Waals surface area contributed by atoms with Crippen LogP contribution in [-0.2, 0) is 0 Å². The number of quaternary nitrogens is 1. The minimum absolute atomic E-state index is 0.171. The summed E-state index contributed by atoms with van der Waals surface area (Å²) in [7, 11) is 0. The van der Waals surface area contributed by atoms with E-state index in [9.17, 15) is 0 Å². The summed E-state index contributed by atoms with van der Waals surface area (Å²) < 4.78 is 0. The standard InChI is InChI=1S/C6H13Cl2N.NO3/c7-6(8)4-2-1-3-5-9;2-1(3)4/h6H,1-5,9H2;/q;-1/p+1. The van der Waals surface area contributed by atoms with Crippen molar-refractivity contribution < 1.29 is 10.8 Å². The first kappa shape index (κ1) is 15.2. The molecule has 0 aromatic rings. The normalized spacial score (nSPS) is 9.23. The zero-order chi connectivity index (χ0) is 10.7. The lowest BCUT2D eigenvalue weighted by molar-refractivity contribution is -0.402. The van der Waals surface area contributed by atoms with E-state index in [0.29, 0.717) is 0 Å². The van der Waals surface area contributed by atoms with Crippen molar-refractivity contribution in [3.05, 3.63) is 15.3 Å². The van der Waals surface area contributed by atoms with Crippen LogP contribution in [0.3, 0.4) is 0 Å². The van der Waals surface area contributed by atoms with Gasteiger partial charge >= 0.3 is 0 Å². The number of hydrogen-bond donors (Lipinski definition) is 1. The van der Waals surface area contributed by atoms with E-state index >= 15 is 0 Å². The van der Waals surface area contributed by atoms with Gasteiger partial charge in [0.05, 0.1) is 11.6 Å². The molecule has 0 radical (unpaired) electrons. The van der Waals surface area contributed by atoms with Crippen molar-refractivity contribution in [2.24, 2.45) is 0 Å². The lowest BCUT2D eigenvalue weighted by atomic mass is 10.2. The average molecular weight is 233 g/mol. The van der Waals surface area contributed by atoms with Gasteiger partial charge in [0.1, 0.15) is 4.84 Å². The molecule has 0 rings (SSSR count). The molecule has 0 aromatic heterocycles. The predicted octanol–water partition coefficient (Wildman–Crippen LogP) is 1.35. The molecule has 0 aliphatic carbocycles. The summed E-state index contributed by atoms with van der Waals surface area (Å²) in [6, 6.07) is 0. The Bertz CT molecular complexity index is 120. The van der Waals surface area contributed by atoms with Gasteiger partial charge in [-0.15, -0.1) is 23.2 Å². The first-order valence-corrected chi connectivity index (χ1v) is 4.77. The molecule has 3 N–H and O–H groups in total. The summed E-state index contributed by atoms with van der Waals surface area (Å²) in [5, 5.41) is 14.8. The minimum atomic E-state index is -1.75. The Kier molecular flexibility index (Phi) is 13.7. The molecule has 0 aliphatic heterocycles. The molecular weight excluding hydrogens is 219 g/mol. The summed E-state index contributed by atoms with van der Waals surface area (Å²) in [5.41, 5.74) is 3.74. The third-order valence-corrected chi connectivity index (χ3v) is 1.61. The number of alkyl halides is 2. The summed E-state index contributed by atoms with van der Waals surface area (Å²) in [6.07, 6.45) is 4.45. The maximum atomic E-state index is 8.25. The van der Waals surface area contributed by atoms with Crippen molar-refractivity contribution in [2.45, 2.75) is 30.5 Å². The van der Waals surface area contributed by atoms with Gasteiger partial charge in [-0.1, -0.05) is 6.42 Å². The highest BCUT2D eigenvalue weighted by atomic mass is 35.5. The number of hydrogen-bond acceptors (Lipinski definition) is 3. The van der Waals surface area contributed by atoms with Crippen molar-refractivity contribution in [1.29, 1.82) is 0 Å². The third-order valence-electron chi connectivity index (χ3n) is 1.17. The van der Waals surface area contributed by atoms with Crippen LogP contribution in [0, 0.1) is 15.3 Å². The van der Waals surface area contributed by atoms with Gasteiger partial charge in [-0.2, -0.15) is 0 Å². The maximum Gasteiger partial charge on any atom is 0.107 e. The molecular formula is C6H14Cl2N2O3. The molecule has 0 amide bonds. The molecule has 0 atom stereocenters. The minimum Gasteiger partial charge on any atom is -0.358 e. The van der Waals surface area contributed by atoms with Gasteiger partial charge in [-0.25, -0.2) is 0 Å². The van der Waals surface area contributed by atoms with Gasteiger partial charge in [0, 0.05) is 0 Å². The van der Waals surface area contributed by atoms with E-state index in [4.69, 9.17) is 38.5 Å². The van der Waals surface area contributed by atoms with Crippen LogP contribution in [0.5, 0.6) is 0 Å². The van der Waals surface area contributed by atoms with Gasteiger partial charge in [0.25, 0.3) is 0 Å². The summed E-state index contributed by atoms with van der Waals surface area (Å²) in [4.78, 5) is 8.08. The first-order valence-electron chi connectivity index (χ1n) is 3.89. The maximum absolute atomic E-state index is 8.25. The summed E-state index contributed by atoms with van der Waals surface area (Å²) in [6.45, 7) is 1.02. The quantitative estimate of drug-likeness (QED) is 0.336. The van der Waals surface area contributed by atoms with E-state index in [1.807, 2.05) is 0 Å². The van der Waals surface area contributed by atoms with Crippen molar-refractivity contribution in [3.63, 3.8) is 0 Å². The molecule has 0 aromatic carbocycles.